The van der Waals surface area contributed by atoms with Gasteiger partial charge in [0.1, 0.15) is 5.69 Å². The van der Waals surface area contributed by atoms with Crippen molar-refractivity contribution >= 4 is 11.6 Å². The van der Waals surface area contributed by atoms with Crippen LogP contribution in [0.5, 0.6) is 0 Å². The van der Waals surface area contributed by atoms with Crippen molar-refractivity contribution in [2.75, 3.05) is 26.0 Å². The number of anilines is 1. The molecule has 0 aliphatic carbocycles. The van der Waals surface area contributed by atoms with Crippen LogP contribution in [0.3, 0.4) is 0 Å². The van der Waals surface area contributed by atoms with Gasteiger partial charge in [-0.1, -0.05) is 0 Å². The number of ether oxygens (including phenoxy) is 1. The summed E-state index contributed by atoms with van der Waals surface area (Å²) >= 11 is 0. The maximum Gasteiger partial charge on any atom is 0.271 e. The molecule has 0 aliphatic heterocycles. The summed E-state index contributed by atoms with van der Waals surface area (Å²) in [4.78, 5) is 12.0. The van der Waals surface area contributed by atoms with Gasteiger partial charge in [0.15, 0.2) is 0 Å². The van der Waals surface area contributed by atoms with Gasteiger partial charge in [0.2, 0.25) is 0 Å². The number of carbonyl (C=O) groups excluding carboxylic acids is 1. The fourth-order valence-electron chi connectivity index (χ4n) is 1.78. The molecule has 0 saturated carbocycles. The van der Waals surface area contributed by atoms with Crippen molar-refractivity contribution in [3.8, 4) is 0 Å². The third-order valence-electron chi connectivity index (χ3n) is 2.81. The van der Waals surface area contributed by atoms with Crippen LogP contribution in [-0.4, -0.2) is 47.2 Å². The lowest BCUT2D eigenvalue weighted by molar-refractivity contribution is 0.0587. The molecule has 0 radical (unpaired) electrons. The second-order valence-electron chi connectivity index (χ2n) is 4.32. The summed E-state index contributed by atoms with van der Waals surface area (Å²) in [6.07, 6.45) is -0.154. The van der Waals surface area contributed by atoms with E-state index < -0.39 is 6.10 Å². The van der Waals surface area contributed by atoms with Gasteiger partial charge < -0.3 is 20.9 Å². The second-order valence-corrected chi connectivity index (χ2v) is 4.32. The van der Waals surface area contributed by atoms with Gasteiger partial charge in [0.05, 0.1) is 24.1 Å². The van der Waals surface area contributed by atoms with Crippen molar-refractivity contribution in [2.45, 2.75) is 32.9 Å². The maximum atomic E-state index is 12.0. The van der Waals surface area contributed by atoms with E-state index in [1.165, 1.54) is 7.11 Å². The first-order valence-electron chi connectivity index (χ1n) is 6.29. The summed E-state index contributed by atoms with van der Waals surface area (Å²) in [6, 6.07) is 0. The number of aliphatic hydroxyl groups excluding tert-OH is 1. The highest BCUT2D eigenvalue weighted by atomic mass is 16.5. The van der Waals surface area contributed by atoms with Crippen LogP contribution in [-0.2, 0) is 11.3 Å². The van der Waals surface area contributed by atoms with Crippen LogP contribution in [0, 0.1) is 6.92 Å². The summed E-state index contributed by atoms with van der Waals surface area (Å²) < 4.78 is 6.38. The average molecular weight is 270 g/mol. The van der Waals surface area contributed by atoms with Crippen molar-refractivity contribution in [3.63, 3.8) is 0 Å². The number of nitrogens with zero attached hydrogens (tertiary/aromatic N) is 2. The molecule has 0 fully saturated rings. The van der Waals surface area contributed by atoms with Crippen molar-refractivity contribution in [3.05, 3.63) is 11.4 Å². The van der Waals surface area contributed by atoms with E-state index in [9.17, 15) is 9.90 Å². The largest absolute Gasteiger partial charge is 0.395 e. The van der Waals surface area contributed by atoms with Gasteiger partial charge in [0, 0.05) is 20.2 Å². The molecule has 1 unspecified atom stereocenters. The van der Waals surface area contributed by atoms with Crippen molar-refractivity contribution in [1.29, 1.82) is 0 Å². The Hall–Kier alpha value is -1.60. The van der Waals surface area contributed by atoms with Crippen LogP contribution in [0.15, 0.2) is 0 Å². The molecule has 1 aromatic heterocycles. The summed E-state index contributed by atoms with van der Waals surface area (Å²) in [7, 11) is 1.52. The van der Waals surface area contributed by atoms with Gasteiger partial charge in [-0.25, -0.2) is 0 Å². The Balaban J connectivity index is 2.59. The van der Waals surface area contributed by atoms with Crippen molar-refractivity contribution in [2.24, 2.45) is 0 Å². The monoisotopic (exact) mass is 270 g/mol. The number of amides is 1. The van der Waals surface area contributed by atoms with Gasteiger partial charge in [-0.15, -0.1) is 0 Å². The molecule has 4 N–H and O–H groups in total. The van der Waals surface area contributed by atoms with E-state index in [0.29, 0.717) is 36.6 Å². The second kappa shape index (κ2) is 7.10. The molecular formula is C12H22N4O3. The molecule has 1 amide bonds. The Bertz CT molecular complexity index is 431. The normalized spacial score (nSPS) is 12.4. The van der Waals surface area contributed by atoms with Crippen molar-refractivity contribution < 1.29 is 14.6 Å². The van der Waals surface area contributed by atoms with Crippen LogP contribution in [0.1, 0.15) is 29.5 Å². The number of carbonyl (C=O) groups is 1. The van der Waals surface area contributed by atoms with Gasteiger partial charge in [-0.2, -0.15) is 5.10 Å². The van der Waals surface area contributed by atoms with Gasteiger partial charge >= 0.3 is 0 Å². The molecule has 0 aliphatic rings. The standard InChI is InChI=1S/C12H22N4O3/c1-4-16-11(10(13)8(2)15-16)12(18)14-6-5-9(17)7-19-3/h9,17H,4-7,13H2,1-3H3,(H,14,18). The highest BCUT2D eigenvalue weighted by molar-refractivity contribution is 5.97. The molecule has 1 aromatic rings. The Labute approximate surface area is 112 Å². The number of rotatable bonds is 7. The molecule has 1 heterocycles. The zero-order chi connectivity index (χ0) is 14.4. The minimum Gasteiger partial charge on any atom is -0.395 e. The molecule has 19 heavy (non-hydrogen) atoms. The van der Waals surface area contributed by atoms with E-state index in [-0.39, 0.29) is 12.5 Å². The molecule has 0 bridgehead atoms. The Morgan fingerprint density at radius 1 is 1.63 bits per heavy atom. The quantitative estimate of drug-likeness (QED) is 0.643. The number of nitrogens with two attached hydrogens (primary N) is 1. The van der Waals surface area contributed by atoms with E-state index in [2.05, 4.69) is 10.4 Å². The van der Waals surface area contributed by atoms with E-state index in [0.717, 1.165) is 0 Å². The molecule has 0 spiro atoms. The topological polar surface area (TPSA) is 102 Å². The lowest BCUT2D eigenvalue weighted by Gasteiger charge is -2.11. The molecule has 108 valence electrons. The number of methoxy groups -OCH3 is 1. The molecule has 0 saturated heterocycles. The fourth-order valence-corrected chi connectivity index (χ4v) is 1.78. The smallest absolute Gasteiger partial charge is 0.271 e. The van der Waals surface area contributed by atoms with Gasteiger partial charge in [-0.3, -0.25) is 9.48 Å². The van der Waals surface area contributed by atoms with E-state index >= 15 is 0 Å². The number of nitrogen functional groups attached to an aromatic ring is 1. The summed E-state index contributed by atoms with van der Waals surface area (Å²) in [5, 5.41) is 16.4. The number of hydrogen-bond donors (Lipinski definition) is 3. The number of aromatic nitrogens is 2. The third kappa shape index (κ3) is 3.93. The highest BCUT2D eigenvalue weighted by Crippen LogP contribution is 2.16. The Morgan fingerprint density at radius 3 is 2.89 bits per heavy atom. The molecule has 1 atom stereocenters. The minimum atomic E-state index is -0.583. The van der Waals surface area contributed by atoms with Crippen molar-refractivity contribution in [1.82, 2.24) is 15.1 Å². The third-order valence-corrected chi connectivity index (χ3v) is 2.81. The minimum absolute atomic E-state index is 0.254. The molecule has 7 nitrogen and oxygen atoms in total. The first kappa shape index (κ1) is 15.5. The SMILES string of the molecule is CCn1nc(C)c(N)c1C(=O)NCCC(O)COC. The number of aliphatic hydroxyl groups is 1. The van der Waals surface area contributed by atoms with Crippen LogP contribution in [0.2, 0.25) is 0 Å². The zero-order valence-corrected chi connectivity index (χ0v) is 11.6. The predicted octanol–water partition coefficient (Wildman–Crippen LogP) is -0.0792. The average Bonchev–Trinajstić information content (AvgIpc) is 2.65. The molecular weight excluding hydrogens is 248 g/mol. The van der Waals surface area contributed by atoms with E-state index in [4.69, 9.17) is 10.5 Å². The number of nitrogens with one attached hydrogen (secondary N) is 1. The van der Waals surface area contributed by atoms with Gasteiger partial charge in [0.25, 0.3) is 5.91 Å². The summed E-state index contributed by atoms with van der Waals surface area (Å²) in [6.45, 7) is 4.85. The fraction of sp³-hybridized carbons (Fsp3) is 0.667. The molecule has 0 aromatic carbocycles. The first-order chi connectivity index (χ1) is 9.01. The summed E-state index contributed by atoms with van der Waals surface area (Å²) in [5.74, 6) is -0.274. The maximum absolute atomic E-state index is 12.0. The van der Waals surface area contributed by atoms with Gasteiger partial charge in [-0.05, 0) is 20.3 Å². The Morgan fingerprint density at radius 2 is 2.32 bits per heavy atom. The lowest BCUT2D eigenvalue weighted by Crippen LogP contribution is -2.30. The summed E-state index contributed by atoms with van der Waals surface area (Å²) in [5.41, 5.74) is 7.27. The zero-order valence-electron chi connectivity index (χ0n) is 11.6. The number of hydrogen-bond acceptors (Lipinski definition) is 5. The molecule has 1 rings (SSSR count). The van der Waals surface area contributed by atoms with E-state index in [1.54, 1.807) is 11.6 Å². The Kier molecular flexibility index (Phi) is 5.78. The first-order valence-corrected chi connectivity index (χ1v) is 6.29. The van der Waals surface area contributed by atoms with Crippen LogP contribution < -0.4 is 11.1 Å². The molecule has 7 heteroatoms. The number of aryl methyl sites for hydroxylation is 2. The highest BCUT2D eigenvalue weighted by Gasteiger charge is 2.18. The van der Waals surface area contributed by atoms with Crippen LogP contribution in [0.25, 0.3) is 0 Å². The van der Waals surface area contributed by atoms with Crippen LogP contribution >= 0.6 is 0 Å². The van der Waals surface area contributed by atoms with Crippen LogP contribution in [0.4, 0.5) is 5.69 Å². The van der Waals surface area contributed by atoms with E-state index in [1.807, 2.05) is 6.92 Å². The predicted molar refractivity (Wildman–Crippen MR) is 71.9 cm³/mol. The lowest BCUT2D eigenvalue weighted by atomic mass is 10.2.